The van der Waals surface area contributed by atoms with E-state index in [1.807, 2.05) is 24.3 Å². The first-order chi connectivity index (χ1) is 7.22. The van der Waals surface area contributed by atoms with Crippen LogP contribution in [0.25, 0.3) is 0 Å². The molecule has 0 amide bonds. The summed E-state index contributed by atoms with van der Waals surface area (Å²) in [6.07, 6.45) is 6.03. The minimum Gasteiger partial charge on any atom is -0.507 e. The molecule has 15 heavy (non-hydrogen) atoms. The number of allylic oxidation sites excluding steroid dienone is 2. The Balaban J connectivity index is 3.19. The summed E-state index contributed by atoms with van der Waals surface area (Å²) in [4.78, 5) is 0. The molecule has 0 saturated carbocycles. The maximum absolute atomic E-state index is 9.98. The summed E-state index contributed by atoms with van der Waals surface area (Å²) in [5, 5.41) is 9.98. The van der Waals surface area contributed by atoms with E-state index in [2.05, 4.69) is 20.1 Å². The predicted molar refractivity (Wildman–Crippen MR) is 65.3 cm³/mol. The molecule has 1 N–H and O–H groups in total. The molecule has 0 heterocycles. The number of aryl methyl sites for hydroxylation is 1. The van der Waals surface area contributed by atoms with Crippen molar-refractivity contribution < 1.29 is 5.11 Å². The fourth-order valence-electron chi connectivity index (χ4n) is 1.66. The van der Waals surface area contributed by atoms with Gasteiger partial charge in [-0.25, -0.2) is 0 Å². The maximum atomic E-state index is 9.98. The van der Waals surface area contributed by atoms with Gasteiger partial charge in [0.25, 0.3) is 0 Å². The summed E-state index contributed by atoms with van der Waals surface area (Å²) in [6, 6.07) is 4.09. The van der Waals surface area contributed by atoms with Crippen LogP contribution in [0, 0.1) is 0 Å². The lowest BCUT2D eigenvalue weighted by Crippen LogP contribution is -1.93. The Kier molecular flexibility index (Phi) is 4.17. The van der Waals surface area contributed by atoms with Gasteiger partial charge >= 0.3 is 0 Å². The van der Waals surface area contributed by atoms with Gasteiger partial charge in [-0.2, -0.15) is 0 Å². The standard InChI is InChI=1S/C14H18O/c1-4-7-12-9-11(6-3)10-13(8-5-2)14(12)15/h4-5,9-10,15H,1-2,6-8H2,3H3. The van der Waals surface area contributed by atoms with Crippen molar-refractivity contribution >= 4 is 0 Å². The van der Waals surface area contributed by atoms with Crippen LogP contribution < -0.4 is 0 Å². The number of phenolic OH excluding ortho intramolecular Hbond substituents is 1. The molecule has 0 radical (unpaired) electrons. The van der Waals surface area contributed by atoms with Gasteiger partial charge in [-0.15, -0.1) is 13.2 Å². The van der Waals surface area contributed by atoms with E-state index in [0.717, 1.165) is 17.5 Å². The third-order valence-electron chi connectivity index (χ3n) is 2.46. The maximum Gasteiger partial charge on any atom is 0.122 e. The third-order valence-corrected chi connectivity index (χ3v) is 2.46. The lowest BCUT2D eigenvalue weighted by Gasteiger charge is -2.10. The van der Waals surface area contributed by atoms with E-state index in [9.17, 15) is 5.11 Å². The molecule has 80 valence electrons. The van der Waals surface area contributed by atoms with Gasteiger partial charge in [0.05, 0.1) is 0 Å². The van der Waals surface area contributed by atoms with Crippen LogP contribution in [0.15, 0.2) is 37.4 Å². The molecule has 0 bridgehead atoms. The number of hydrogen-bond donors (Lipinski definition) is 1. The van der Waals surface area contributed by atoms with Crippen molar-refractivity contribution in [1.82, 2.24) is 0 Å². The summed E-state index contributed by atoms with van der Waals surface area (Å²) in [7, 11) is 0. The lowest BCUT2D eigenvalue weighted by molar-refractivity contribution is 0.464. The fourth-order valence-corrected chi connectivity index (χ4v) is 1.66. The highest BCUT2D eigenvalue weighted by molar-refractivity contribution is 5.45. The Morgan fingerprint density at radius 3 is 1.93 bits per heavy atom. The summed E-state index contributed by atoms with van der Waals surface area (Å²) in [6.45, 7) is 9.51. The van der Waals surface area contributed by atoms with Gasteiger partial charge in [-0.1, -0.05) is 31.2 Å². The molecule has 0 aliphatic heterocycles. The molecule has 0 saturated heterocycles. The van der Waals surface area contributed by atoms with E-state index in [-0.39, 0.29) is 0 Å². The largest absolute Gasteiger partial charge is 0.507 e. The average Bonchev–Trinajstić information content (AvgIpc) is 2.24. The topological polar surface area (TPSA) is 20.2 Å². The van der Waals surface area contributed by atoms with Crippen LogP contribution in [0.1, 0.15) is 23.6 Å². The van der Waals surface area contributed by atoms with Crippen LogP contribution in [0.4, 0.5) is 0 Å². The second-order valence-electron chi connectivity index (χ2n) is 3.60. The highest BCUT2D eigenvalue weighted by Crippen LogP contribution is 2.26. The van der Waals surface area contributed by atoms with E-state index in [1.165, 1.54) is 5.56 Å². The van der Waals surface area contributed by atoms with Crippen LogP contribution in [-0.2, 0) is 19.3 Å². The van der Waals surface area contributed by atoms with Gasteiger partial charge in [0.2, 0.25) is 0 Å². The predicted octanol–water partition coefficient (Wildman–Crippen LogP) is 3.41. The van der Waals surface area contributed by atoms with Crippen LogP contribution in [0.3, 0.4) is 0 Å². The highest BCUT2D eigenvalue weighted by Gasteiger charge is 2.07. The Hall–Kier alpha value is -1.50. The van der Waals surface area contributed by atoms with Crippen molar-refractivity contribution in [2.45, 2.75) is 26.2 Å². The molecule has 0 aliphatic rings. The molecule has 0 fully saturated rings. The van der Waals surface area contributed by atoms with E-state index >= 15 is 0 Å². The average molecular weight is 202 g/mol. The van der Waals surface area contributed by atoms with Crippen LogP contribution in [-0.4, -0.2) is 5.11 Å². The smallest absolute Gasteiger partial charge is 0.122 e. The number of rotatable bonds is 5. The van der Waals surface area contributed by atoms with Crippen LogP contribution >= 0.6 is 0 Å². The number of phenols is 1. The number of hydrogen-bond acceptors (Lipinski definition) is 1. The molecule has 0 aromatic heterocycles. The first-order valence-electron chi connectivity index (χ1n) is 5.28. The molecule has 1 aromatic carbocycles. The molecule has 0 atom stereocenters. The van der Waals surface area contributed by atoms with Crippen molar-refractivity contribution in [3.8, 4) is 5.75 Å². The van der Waals surface area contributed by atoms with Gasteiger partial charge in [-0.05, 0) is 36.0 Å². The Morgan fingerprint density at radius 2 is 1.60 bits per heavy atom. The quantitative estimate of drug-likeness (QED) is 0.725. The molecule has 1 heteroatoms. The second kappa shape index (κ2) is 5.40. The monoisotopic (exact) mass is 202 g/mol. The number of aromatic hydroxyl groups is 1. The summed E-state index contributed by atoms with van der Waals surface area (Å²) in [5.74, 6) is 0.395. The Morgan fingerprint density at radius 1 is 1.13 bits per heavy atom. The van der Waals surface area contributed by atoms with Crippen LogP contribution in [0.2, 0.25) is 0 Å². The zero-order chi connectivity index (χ0) is 11.3. The van der Waals surface area contributed by atoms with Gasteiger partial charge < -0.3 is 5.11 Å². The zero-order valence-electron chi connectivity index (χ0n) is 9.29. The molecular weight excluding hydrogens is 184 g/mol. The Bertz CT molecular complexity index is 333. The molecule has 0 aliphatic carbocycles. The van der Waals surface area contributed by atoms with Crippen molar-refractivity contribution in [1.29, 1.82) is 0 Å². The molecule has 1 aromatic rings. The SMILES string of the molecule is C=CCc1cc(CC)cc(CC=C)c1O. The minimum atomic E-state index is 0.395. The Labute approximate surface area is 91.8 Å². The van der Waals surface area contributed by atoms with Gasteiger partial charge in [0, 0.05) is 0 Å². The van der Waals surface area contributed by atoms with E-state index in [4.69, 9.17) is 0 Å². The van der Waals surface area contributed by atoms with E-state index in [1.54, 1.807) is 0 Å². The molecule has 0 unspecified atom stereocenters. The minimum absolute atomic E-state index is 0.395. The summed E-state index contributed by atoms with van der Waals surface area (Å²) >= 11 is 0. The van der Waals surface area contributed by atoms with Crippen molar-refractivity contribution in [2.24, 2.45) is 0 Å². The normalized spacial score (nSPS) is 9.93. The molecule has 1 rings (SSSR count). The third kappa shape index (κ3) is 2.72. The summed E-state index contributed by atoms with van der Waals surface area (Å²) in [5.41, 5.74) is 3.17. The van der Waals surface area contributed by atoms with E-state index in [0.29, 0.717) is 18.6 Å². The van der Waals surface area contributed by atoms with Crippen LogP contribution in [0.5, 0.6) is 5.75 Å². The molecule has 0 spiro atoms. The van der Waals surface area contributed by atoms with Gasteiger partial charge in [0.1, 0.15) is 5.75 Å². The van der Waals surface area contributed by atoms with Crippen molar-refractivity contribution in [3.05, 3.63) is 54.1 Å². The highest BCUT2D eigenvalue weighted by atomic mass is 16.3. The van der Waals surface area contributed by atoms with Crippen molar-refractivity contribution in [2.75, 3.05) is 0 Å². The fraction of sp³-hybridized carbons (Fsp3) is 0.286. The summed E-state index contributed by atoms with van der Waals surface area (Å²) < 4.78 is 0. The lowest BCUT2D eigenvalue weighted by atomic mass is 9.98. The molecule has 1 nitrogen and oxygen atoms in total. The zero-order valence-corrected chi connectivity index (χ0v) is 9.29. The molecular formula is C14H18O. The number of benzene rings is 1. The second-order valence-corrected chi connectivity index (χ2v) is 3.60. The van der Waals surface area contributed by atoms with Gasteiger partial charge in [0.15, 0.2) is 0 Å². The van der Waals surface area contributed by atoms with E-state index < -0.39 is 0 Å². The van der Waals surface area contributed by atoms with Gasteiger partial charge in [-0.3, -0.25) is 0 Å². The first-order valence-corrected chi connectivity index (χ1v) is 5.28. The van der Waals surface area contributed by atoms with Crippen molar-refractivity contribution in [3.63, 3.8) is 0 Å². The first kappa shape index (κ1) is 11.6.